The minimum absolute atomic E-state index is 0.331. The molecule has 1 aliphatic rings. The van der Waals surface area contributed by atoms with E-state index in [1.165, 1.54) is 43.0 Å². The van der Waals surface area contributed by atoms with Crippen LogP contribution >= 0.6 is 0 Å². The molecule has 1 aromatic carbocycles. The molecule has 2 aromatic rings. The highest BCUT2D eigenvalue weighted by atomic mass is 16.4. The summed E-state index contributed by atoms with van der Waals surface area (Å²) in [6, 6.07) is 9.20. The summed E-state index contributed by atoms with van der Waals surface area (Å²) in [4.78, 5) is 11.0. The number of aromatic nitrogens is 1. The highest BCUT2D eigenvalue weighted by Gasteiger charge is 2.17. The summed E-state index contributed by atoms with van der Waals surface area (Å²) in [7, 11) is 0. The molecule has 112 valence electrons. The van der Waals surface area contributed by atoms with E-state index in [-0.39, 0.29) is 5.92 Å². The molecule has 0 saturated heterocycles. The first-order chi connectivity index (χ1) is 10.1. The van der Waals surface area contributed by atoms with Gasteiger partial charge < -0.3 is 9.67 Å². The van der Waals surface area contributed by atoms with Gasteiger partial charge in [-0.15, -0.1) is 0 Å². The summed E-state index contributed by atoms with van der Waals surface area (Å²) >= 11 is 0. The number of benzene rings is 1. The summed E-state index contributed by atoms with van der Waals surface area (Å²) in [5.41, 5.74) is 2.40. The Balaban J connectivity index is 1.85. The smallest absolute Gasteiger partial charge is 0.306 e. The molecule has 21 heavy (non-hydrogen) atoms. The summed E-state index contributed by atoms with van der Waals surface area (Å²) in [5.74, 6) is -1.06. The highest BCUT2D eigenvalue weighted by Crippen LogP contribution is 2.32. The van der Waals surface area contributed by atoms with Crippen LogP contribution in [0.2, 0.25) is 0 Å². The number of fused-ring (bicyclic) bond motifs is 1. The maximum absolute atomic E-state index is 11.0. The second-order valence-electron chi connectivity index (χ2n) is 6.35. The lowest BCUT2D eigenvalue weighted by atomic mass is 9.95. The van der Waals surface area contributed by atoms with Crippen LogP contribution in [0.1, 0.15) is 50.6 Å². The molecule has 1 N–H and O–H groups in total. The molecule has 3 nitrogen and oxygen atoms in total. The van der Waals surface area contributed by atoms with Crippen molar-refractivity contribution in [1.82, 2.24) is 4.57 Å². The fourth-order valence-electron chi connectivity index (χ4n) is 3.46. The van der Waals surface area contributed by atoms with Gasteiger partial charge in [-0.1, -0.05) is 32.3 Å². The summed E-state index contributed by atoms with van der Waals surface area (Å²) in [6.45, 7) is 1.76. The molecule has 1 atom stereocenters. The Bertz CT molecular complexity index is 638. The number of nitrogens with zero attached hydrogens (tertiary/aromatic N) is 1. The van der Waals surface area contributed by atoms with E-state index in [1.807, 2.05) is 0 Å². The van der Waals surface area contributed by atoms with Crippen molar-refractivity contribution >= 4 is 16.9 Å². The van der Waals surface area contributed by atoms with Crippen LogP contribution in [0.4, 0.5) is 0 Å². The Morgan fingerprint density at radius 2 is 2.05 bits per heavy atom. The molecule has 1 fully saturated rings. The fourth-order valence-corrected chi connectivity index (χ4v) is 3.46. The fraction of sp³-hybridized carbons (Fsp3) is 0.500. The Kier molecular flexibility index (Phi) is 4.00. The number of hydrogen-bond acceptors (Lipinski definition) is 1. The Morgan fingerprint density at radius 3 is 2.76 bits per heavy atom. The van der Waals surface area contributed by atoms with Gasteiger partial charge in [0.25, 0.3) is 0 Å². The van der Waals surface area contributed by atoms with E-state index in [1.54, 1.807) is 6.92 Å². The maximum Gasteiger partial charge on any atom is 0.306 e. The molecule has 1 aromatic heterocycles. The van der Waals surface area contributed by atoms with Crippen molar-refractivity contribution in [1.29, 1.82) is 0 Å². The minimum atomic E-state index is -0.727. The highest BCUT2D eigenvalue weighted by molar-refractivity contribution is 5.81. The summed E-state index contributed by atoms with van der Waals surface area (Å²) < 4.78 is 2.42. The van der Waals surface area contributed by atoms with E-state index < -0.39 is 5.97 Å². The van der Waals surface area contributed by atoms with E-state index in [0.29, 0.717) is 12.5 Å². The minimum Gasteiger partial charge on any atom is -0.481 e. The Labute approximate surface area is 125 Å². The van der Waals surface area contributed by atoms with E-state index in [2.05, 4.69) is 35.0 Å². The van der Waals surface area contributed by atoms with Gasteiger partial charge in [-0.2, -0.15) is 0 Å². The van der Waals surface area contributed by atoms with Crippen LogP contribution < -0.4 is 0 Å². The van der Waals surface area contributed by atoms with Crippen molar-refractivity contribution < 1.29 is 9.90 Å². The molecule has 0 radical (unpaired) electrons. The summed E-state index contributed by atoms with van der Waals surface area (Å²) in [5, 5.41) is 10.3. The number of rotatable bonds is 4. The quantitative estimate of drug-likeness (QED) is 0.904. The lowest BCUT2D eigenvalue weighted by Crippen LogP contribution is -2.12. The Hall–Kier alpha value is -1.77. The van der Waals surface area contributed by atoms with Crippen LogP contribution in [-0.4, -0.2) is 15.6 Å². The van der Waals surface area contributed by atoms with Gasteiger partial charge >= 0.3 is 5.97 Å². The van der Waals surface area contributed by atoms with Crippen LogP contribution in [0.15, 0.2) is 30.5 Å². The molecule has 1 aliphatic carbocycles. The maximum atomic E-state index is 11.0. The van der Waals surface area contributed by atoms with E-state index in [4.69, 9.17) is 5.11 Å². The zero-order valence-electron chi connectivity index (χ0n) is 12.6. The second-order valence-corrected chi connectivity index (χ2v) is 6.35. The molecule has 3 rings (SSSR count). The van der Waals surface area contributed by atoms with E-state index in [0.717, 1.165) is 5.56 Å². The van der Waals surface area contributed by atoms with Crippen LogP contribution in [-0.2, 0) is 11.2 Å². The average molecular weight is 285 g/mol. The predicted molar refractivity (Wildman–Crippen MR) is 84.6 cm³/mol. The molecule has 3 heteroatoms. The Morgan fingerprint density at radius 1 is 1.29 bits per heavy atom. The van der Waals surface area contributed by atoms with Crippen molar-refractivity contribution in [3.8, 4) is 0 Å². The topological polar surface area (TPSA) is 42.2 Å². The summed E-state index contributed by atoms with van der Waals surface area (Å²) in [6.07, 6.45) is 9.39. The third-order valence-corrected chi connectivity index (χ3v) is 4.72. The first-order valence-electron chi connectivity index (χ1n) is 7.97. The molecule has 0 amide bonds. The second kappa shape index (κ2) is 5.92. The largest absolute Gasteiger partial charge is 0.481 e. The van der Waals surface area contributed by atoms with Gasteiger partial charge in [-0.25, -0.2) is 0 Å². The van der Waals surface area contributed by atoms with Crippen molar-refractivity contribution in [2.45, 2.75) is 51.5 Å². The standard InChI is InChI=1S/C18H23NO2/c1-13(18(20)21)11-14-7-8-17-15(12-14)9-10-19(17)16-5-3-2-4-6-16/h7-10,12-13,16H,2-6,11H2,1H3,(H,20,21). The number of hydrogen-bond donors (Lipinski definition) is 1. The van der Waals surface area contributed by atoms with Gasteiger partial charge in [0.1, 0.15) is 0 Å². The lowest BCUT2D eigenvalue weighted by molar-refractivity contribution is -0.141. The number of carbonyl (C=O) groups is 1. The third kappa shape index (κ3) is 2.97. The zero-order valence-corrected chi connectivity index (χ0v) is 12.6. The van der Waals surface area contributed by atoms with Crippen molar-refractivity contribution in [3.63, 3.8) is 0 Å². The zero-order chi connectivity index (χ0) is 14.8. The van der Waals surface area contributed by atoms with Crippen LogP contribution in [0, 0.1) is 5.92 Å². The van der Waals surface area contributed by atoms with Crippen molar-refractivity contribution in [2.24, 2.45) is 5.92 Å². The molecule has 0 bridgehead atoms. The van der Waals surface area contributed by atoms with E-state index >= 15 is 0 Å². The van der Waals surface area contributed by atoms with E-state index in [9.17, 15) is 4.79 Å². The molecular weight excluding hydrogens is 262 g/mol. The molecule has 1 saturated carbocycles. The van der Waals surface area contributed by atoms with Crippen LogP contribution in [0.3, 0.4) is 0 Å². The van der Waals surface area contributed by atoms with Gasteiger partial charge in [0.05, 0.1) is 5.92 Å². The number of aliphatic carboxylic acids is 1. The van der Waals surface area contributed by atoms with Crippen LogP contribution in [0.5, 0.6) is 0 Å². The average Bonchev–Trinajstić information content (AvgIpc) is 2.91. The first kappa shape index (κ1) is 14.2. The van der Waals surface area contributed by atoms with Crippen molar-refractivity contribution in [3.05, 3.63) is 36.0 Å². The number of carboxylic acid groups (broad SMARTS) is 1. The first-order valence-corrected chi connectivity index (χ1v) is 7.97. The monoisotopic (exact) mass is 285 g/mol. The lowest BCUT2D eigenvalue weighted by Gasteiger charge is -2.24. The SMILES string of the molecule is CC(Cc1ccc2c(ccn2C2CCCCC2)c1)C(=O)O. The molecule has 1 unspecified atom stereocenters. The predicted octanol–water partition coefficient (Wildman–Crippen LogP) is 4.41. The van der Waals surface area contributed by atoms with Gasteiger partial charge in [-0.3, -0.25) is 4.79 Å². The van der Waals surface area contributed by atoms with Gasteiger partial charge in [0.15, 0.2) is 0 Å². The normalized spacial score (nSPS) is 18.0. The number of carboxylic acids is 1. The molecule has 0 spiro atoms. The molecular formula is C18H23NO2. The van der Waals surface area contributed by atoms with Gasteiger partial charge in [-0.05, 0) is 48.4 Å². The van der Waals surface area contributed by atoms with Gasteiger partial charge in [0, 0.05) is 17.8 Å². The third-order valence-electron chi connectivity index (χ3n) is 4.72. The van der Waals surface area contributed by atoms with Crippen molar-refractivity contribution in [2.75, 3.05) is 0 Å². The molecule has 0 aliphatic heterocycles. The van der Waals surface area contributed by atoms with Gasteiger partial charge in [0.2, 0.25) is 0 Å². The van der Waals surface area contributed by atoms with Crippen LogP contribution in [0.25, 0.3) is 10.9 Å². The molecule has 1 heterocycles.